The van der Waals surface area contributed by atoms with Crippen LogP contribution >= 0.6 is 15.9 Å². The van der Waals surface area contributed by atoms with Crippen LogP contribution in [0.25, 0.3) is 0 Å². The number of nitrogens with one attached hydrogen (secondary N) is 1. The fraction of sp³-hybridized carbons (Fsp3) is 0.200. The third kappa shape index (κ3) is 3.58. The predicted molar refractivity (Wildman–Crippen MR) is 82.6 cm³/mol. The van der Waals surface area contributed by atoms with E-state index in [0.717, 1.165) is 5.56 Å². The molecule has 2 N–H and O–H groups in total. The van der Waals surface area contributed by atoms with Gasteiger partial charge in [0.05, 0.1) is 19.9 Å². The van der Waals surface area contributed by atoms with Crippen molar-refractivity contribution in [2.45, 2.75) is 6.54 Å². The molecule has 0 atom stereocenters. The summed E-state index contributed by atoms with van der Waals surface area (Å²) in [7, 11) is 2.92. The zero-order valence-corrected chi connectivity index (χ0v) is 13.2. The van der Waals surface area contributed by atoms with Crippen LogP contribution in [0, 0.1) is 5.82 Å². The van der Waals surface area contributed by atoms with Crippen LogP contribution in [0.1, 0.15) is 5.56 Å². The van der Waals surface area contributed by atoms with Crippen LogP contribution in [-0.4, -0.2) is 19.3 Å². The standard InChI is InChI=1S/C15H15BrFNO3/c1-20-13-5-9(6-14(21-2)15(13)19)8-18-12-4-3-10(16)7-11(12)17/h3-7,18-19H,8H2,1-2H3. The number of methoxy groups -OCH3 is 2. The van der Waals surface area contributed by atoms with Gasteiger partial charge in [-0.3, -0.25) is 0 Å². The average Bonchev–Trinajstić information content (AvgIpc) is 2.47. The van der Waals surface area contributed by atoms with Gasteiger partial charge in [0, 0.05) is 11.0 Å². The zero-order valence-electron chi connectivity index (χ0n) is 11.6. The number of hydrogen-bond donors (Lipinski definition) is 2. The summed E-state index contributed by atoms with van der Waals surface area (Å²) in [6, 6.07) is 8.13. The van der Waals surface area contributed by atoms with Gasteiger partial charge in [-0.25, -0.2) is 4.39 Å². The van der Waals surface area contributed by atoms with Gasteiger partial charge in [-0.15, -0.1) is 0 Å². The minimum atomic E-state index is -0.345. The summed E-state index contributed by atoms with van der Waals surface area (Å²) in [5.41, 5.74) is 1.19. The maximum Gasteiger partial charge on any atom is 0.200 e. The number of benzene rings is 2. The van der Waals surface area contributed by atoms with E-state index in [1.807, 2.05) is 0 Å². The Morgan fingerprint density at radius 2 is 1.76 bits per heavy atom. The van der Waals surface area contributed by atoms with E-state index in [2.05, 4.69) is 21.2 Å². The van der Waals surface area contributed by atoms with Gasteiger partial charge in [-0.1, -0.05) is 15.9 Å². The summed E-state index contributed by atoms with van der Waals surface area (Å²) < 4.78 is 24.6. The molecule has 0 radical (unpaired) electrons. The van der Waals surface area contributed by atoms with E-state index in [9.17, 15) is 9.50 Å². The first-order valence-corrected chi connectivity index (χ1v) is 6.97. The number of phenolic OH excluding ortho intramolecular Hbond substituents is 1. The highest BCUT2D eigenvalue weighted by molar-refractivity contribution is 9.10. The summed E-state index contributed by atoms with van der Waals surface area (Å²) in [6.07, 6.45) is 0. The van der Waals surface area contributed by atoms with Crippen molar-refractivity contribution in [3.63, 3.8) is 0 Å². The predicted octanol–water partition coefficient (Wildman–Crippen LogP) is 3.92. The van der Waals surface area contributed by atoms with Gasteiger partial charge < -0.3 is 19.9 Å². The normalized spacial score (nSPS) is 10.3. The lowest BCUT2D eigenvalue weighted by Crippen LogP contribution is -2.02. The number of rotatable bonds is 5. The van der Waals surface area contributed by atoms with Crippen LogP contribution in [0.5, 0.6) is 17.2 Å². The zero-order chi connectivity index (χ0) is 15.4. The van der Waals surface area contributed by atoms with Gasteiger partial charge in [0.1, 0.15) is 5.82 Å². The van der Waals surface area contributed by atoms with Crippen molar-refractivity contribution in [1.82, 2.24) is 0 Å². The molecule has 0 aliphatic heterocycles. The van der Waals surface area contributed by atoms with Crippen molar-refractivity contribution < 1.29 is 19.0 Å². The summed E-state index contributed by atoms with van der Waals surface area (Å²) in [5, 5.41) is 12.8. The summed E-state index contributed by atoms with van der Waals surface area (Å²) in [4.78, 5) is 0. The molecule has 0 unspecified atom stereocenters. The first-order chi connectivity index (χ1) is 10.0. The topological polar surface area (TPSA) is 50.7 Å². The van der Waals surface area contributed by atoms with E-state index in [-0.39, 0.29) is 11.6 Å². The van der Waals surface area contributed by atoms with Crippen LogP contribution in [0.2, 0.25) is 0 Å². The summed E-state index contributed by atoms with van der Waals surface area (Å²) >= 11 is 3.21. The number of ether oxygens (including phenoxy) is 2. The Bertz CT molecular complexity index is 624. The highest BCUT2D eigenvalue weighted by Crippen LogP contribution is 2.37. The van der Waals surface area contributed by atoms with Gasteiger partial charge in [-0.05, 0) is 35.9 Å². The second-order valence-corrected chi connectivity index (χ2v) is 5.24. The first-order valence-electron chi connectivity index (χ1n) is 6.18. The second kappa shape index (κ2) is 6.67. The SMILES string of the molecule is COc1cc(CNc2ccc(Br)cc2F)cc(OC)c1O. The highest BCUT2D eigenvalue weighted by atomic mass is 79.9. The Kier molecular flexibility index (Phi) is 4.90. The second-order valence-electron chi connectivity index (χ2n) is 4.33. The van der Waals surface area contributed by atoms with Gasteiger partial charge in [0.15, 0.2) is 11.5 Å². The van der Waals surface area contributed by atoms with Crippen LogP contribution in [0.15, 0.2) is 34.8 Å². The molecule has 0 spiro atoms. The lowest BCUT2D eigenvalue weighted by molar-refractivity contribution is 0.339. The molecule has 6 heteroatoms. The van der Waals surface area contributed by atoms with Crippen LogP contribution in [0.3, 0.4) is 0 Å². The van der Waals surface area contributed by atoms with E-state index in [0.29, 0.717) is 28.2 Å². The third-order valence-electron chi connectivity index (χ3n) is 2.95. The molecule has 112 valence electrons. The average molecular weight is 356 g/mol. The Morgan fingerprint density at radius 3 is 2.29 bits per heavy atom. The van der Waals surface area contributed by atoms with Gasteiger partial charge in [-0.2, -0.15) is 0 Å². The maximum atomic E-state index is 13.7. The number of anilines is 1. The molecule has 0 aliphatic rings. The molecule has 0 aliphatic carbocycles. The Morgan fingerprint density at radius 1 is 1.14 bits per heavy atom. The molecule has 2 aromatic rings. The van der Waals surface area contributed by atoms with Gasteiger partial charge >= 0.3 is 0 Å². The third-order valence-corrected chi connectivity index (χ3v) is 3.45. The highest BCUT2D eigenvalue weighted by Gasteiger charge is 2.11. The molecule has 0 heterocycles. The smallest absolute Gasteiger partial charge is 0.200 e. The maximum absolute atomic E-state index is 13.7. The molecular formula is C15H15BrFNO3. The molecule has 0 bridgehead atoms. The molecule has 2 aromatic carbocycles. The number of halogens is 2. The van der Waals surface area contributed by atoms with E-state index in [4.69, 9.17) is 9.47 Å². The minimum absolute atomic E-state index is 0.0569. The molecule has 0 saturated heterocycles. The van der Waals surface area contributed by atoms with Crippen molar-refractivity contribution in [3.05, 3.63) is 46.2 Å². The Labute approximate surface area is 130 Å². The molecule has 2 rings (SSSR count). The van der Waals surface area contributed by atoms with E-state index in [1.54, 1.807) is 24.3 Å². The van der Waals surface area contributed by atoms with Crippen LogP contribution in [0.4, 0.5) is 10.1 Å². The minimum Gasteiger partial charge on any atom is -0.502 e. The molecule has 4 nitrogen and oxygen atoms in total. The Hall–Kier alpha value is -1.95. The fourth-order valence-corrected chi connectivity index (χ4v) is 2.21. The molecule has 0 aromatic heterocycles. The monoisotopic (exact) mass is 355 g/mol. The molecule has 21 heavy (non-hydrogen) atoms. The summed E-state index contributed by atoms with van der Waals surface area (Å²) in [5.74, 6) is 0.213. The van der Waals surface area contributed by atoms with Crippen molar-refractivity contribution >= 4 is 21.6 Å². The molecule has 0 amide bonds. The number of aromatic hydroxyl groups is 1. The first kappa shape index (κ1) is 15.4. The van der Waals surface area contributed by atoms with Crippen molar-refractivity contribution in [3.8, 4) is 17.2 Å². The number of phenols is 1. The lowest BCUT2D eigenvalue weighted by Gasteiger charge is -2.13. The Balaban J connectivity index is 2.19. The summed E-state index contributed by atoms with van der Waals surface area (Å²) in [6.45, 7) is 0.367. The van der Waals surface area contributed by atoms with E-state index in [1.165, 1.54) is 20.3 Å². The van der Waals surface area contributed by atoms with Gasteiger partial charge in [0.2, 0.25) is 5.75 Å². The fourth-order valence-electron chi connectivity index (χ4n) is 1.88. The van der Waals surface area contributed by atoms with Crippen molar-refractivity contribution in [2.75, 3.05) is 19.5 Å². The van der Waals surface area contributed by atoms with E-state index >= 15 is 0 Å². The molecule has 0 fully saturated rings. The van der Waals surface area contributed by atoms with Crippen LogP contribution < -0.4 is 14.8 Å². The molecular weight excluding hydrogens is 341 g/mol. The lowest BCUT2D eigenvalue weighted by atomic mass is 10.1. The number of hydrogen-bond acceptors (Lipinski definition) is 4. The quantitative estimate of drug-likeness (QED) is 0.853. The van der Waals surface area contributed by atoms with Gasteiger partial charge in [0.25, 0.3) is 0 Å². The van der Waals surface area contributed by atoms with Crippen LogP contribution in [-0.2, 0) is 6.54 Å². The largest absolute Gasteiger partial charge is 0.502 e. The molecule has 0 saturated carbocycles. The van der Waals surface area contributed by atoms with Crippen molar-refractivity contribution in [1.29, 1.82) is 0 Å². The van der Waals surface area contributed by atoms with Crippen molar-refractivity contribution in [2.24, 2.45) is 0 Å². The van der Waals surface area contributed by atoms with E-state index < -0.39 is 0 Å².